The molecule has 162 valence electrons. The summed E-state index contributed by atoms with van der Waals surface area (Å²) in [4.78, 5) is 14.6. The van der Waals surface area contributed by atoms with Gasteiger partial charge in [0.2, 0.25) is 5.91 Å². The third kappa shape index (κ3) is 4.70. The fourth-order valence-electron chi connectivity index (χ4n) is 4.23. The number of carbonyl (C=O) groups is 1. The molecule has 0 spiro atoms. The minimum absolute atomic E-state index is 0.0234. The van der Waals surface area contributed by atoms with Crippen LogP contribution < -0.4 is 19.5 Å². The van der Waals surface area contributed by atoms with E-state index >= 15 is 0 Å². The Morgan fingerprint density at radius 2 is 1.87 bits per heavy atom. The van der Waals surface area contributed by atoms with Gasteiger partial charge in [0.1, 0.15) is 5.75 Å². The first-order chi connectivity index (χ1) is 14.5. The van der Waals surface area contributed by atoms with Crippen LogP contribution in [0.1, 0.15) is 43.0 Å². The number of hydrogen-bond acceptors (Lipinski definition) is 5. The third-order valence-corrected chi connectivity index (χ3v) is 5.73. The van der Waals surface area contributed by atoms with Gasteiger partial charge in [-0.1, -0.05) is 19.1 Å². The van der Waals surface area contributed by atoms with E-state index in [4.69, 9.17) is 14.2 Å². The molecule has 1 heterocycles. The van der Waals surface area contributed by atoms with Crippen LogP contribution >= 0.6 is 0 Å². The van der Waals surface area contributed by atoms with Crippen molar-refractivity contribution in [2.45, 2.75) is 45.3 Å². The van der Waals surface area contributed by atoms with Crippen molar-refractivity contribution in [1.82, 2.24) is 10.2 Å². The molecule has 6 nitrogen and oxygen atoms in total. The number of amides is 1. The van der Waals surface area contributed by atoms with E-state index in [0.29, 0.717) is 12.2 Å². The van der Waals surface area contributed by atoms with Gasteiger partial charge in [0.05, 0.1) is 27.4 Å². The second-order valence-electron chi connectivity index (χ2n) is 7.63. The van der Waals surface area contributed by atoms with Crippen molar-refractivity contribution in [3.63, 3.8) is 0 Å². The van der Waals surface area contributed by atoms with E-state index in [9.17, 15) is 4.79 Å². The zero-order valence-electron chi connectivity index (χ0n) is 18.5. The quantitative estimate of drug-likeness (QED) is 0.716. The highest BCUT2D eigenvalue weighted by atomic mass is 16.5. The Kier molecular flexibility index (Phi) is 7.21. The van der Waals surface area contributed by atoms with Gasteiger partial charge in [-0.05, 0) is 54.3 Å². The summed E-state index contributed by atoms with van der Waals surface area (Å²) in [6.07, 6.45) is 1.37. The number of nitrogens with one attached hydrogen (secondary N) is 1. The minimum Gasteiger partial charge on any atom is -0.497 e. The molecular formula is C24H32N2O4. The monoisotopic (exact) mass is 412 g/mol. The molecule has 30 heavy (non-hydrogen) atoms. The maximum absolute atomic E-state index is 12.2. The van der Waals surface area contributed by atoms with E-state index in [1.807, 2.05) is 19.1 Å². The van der Waals surface area contributed by atoms with Gasteiger partial charge >= 0.3 is 0 Å². The average molecular weight is 413 g/mol. The zero-order chi connectivity index (χ0) is 21.7. The Balaban J connectivity index is 1.99. The Bertz CT molecular complexity index is 884. The lowest BCUT2D eigenvalue weighted by Gasteiger charge is -2.41. The normalized spacial score (nSPS) is 17.0. The summed E-state index contributed by atoms with van der Waals surface area (Å²) in [5.41, 5.74) is 3.58. The largest absolute Gasteiger partial charge is 0.497 e. The van der Waals surface area contributed by atoms with Crippen molar-refractivity contribution in [1.29, 1.82) is 0 Å². The van der Waals surface area contributed by atoms with Gasteiger partial charge in [0.25, 0.3) is 0 Å². The molecule has 0 aromatic heterocycles. The Morgan fingerprint density at radius 3 is 2.53 bits per heavy atom. The number of benzene rings is 2. The van der Waals surface area contributed by atoms with Crippen LogP contribution in [0.25, 0.3) is 0 Å². The topological polar surface area (TPSA) is 60.0 Å². The van der Waals surface area contributed by atoms with Crippen LogP contribution in [0, 0.1) is 0 Å². The standard InChI is InChI=1S/C24H32N2O4/c1-6-23(27)25-16(2)24-20-14-22(30-5)21(29-4)13-18(20)10-11-26(24)15-17-8-7-9-19(12-17)28-3/h7-9,12-14,16,24H,6,10-11,15H2,1-5H3,(H,25,27). The van der Waals surface area contributed by atoms with Gasteiger partial charge in [-0.25, -0.2) is 0 Å². The molecule has 0 bridgehead atoms. The molecular weight excluding hydrogens is 380 g/mol. The summed E-state index contributed by atoms with van der Waals surface area (Å²) in [5, 5.41) is 3.17. The van der Waals surface area contributed by atoms with Gasteiger partial charge < -0.3 is 19.5 Å². The molecule has 1 aliphatic rings. The van der Waals surface area contributed by atoms with Gasteiger partial charge in [-0.2, -0.15) is 0 Å². The number of ether oxygens (including phenoxy) is 3. The molecule has 3 rings (SSSR count). The lowest BCUT2D eigenvalue weighted by Crippen LogP contribution is -2.47. The minimum atomic E-state index is -0.0554. The molecule has 1 amide bonds. The van der Waals surface area contributed by atoms with Crippen molar-refractivity contribution in [3.8, 4) is 17.2 Å². The molecule has 1 aliphatic heterocycles. The van der Waals surface area contributed by atoms with Crippen LogP contribution in [0.2, 0.25) is 0 Å². The van der Waals surface area contributed by atoms with E-state index in [1.54, 1.807) is 21.3 Å². The highest BCUT2D eigenvalue weighted by Crippen LogP contribution is 2.40. The highest BCUT2D eigenvalue weighted by molar-refractivity contribution is 5.76. The van der Waals surface area contributed by atoms with E-state index < -0.39 is 0 Å². The van der Waals surface area contributed by atoms with E-state index in [1.165, 1.54) is 16.7 Å². The van der Waals surface area contributed by atoms with Gasteiger partial charge in [-0.3, -0.25) is 9.69 Å². The molecule has 0 saturated heterocycles. The number of rotatable bonds is 8. The predicted octanol–water partition coefficient (Wildman–Crippen LogP) is 3.73. The third-order valence-electron chi connectivity index (χ3n) is 5.73. The van der Waals surface area contributed by atoms with Crippen molar-refractivity contribution < 1.29 is 19.0 Å². The molecule has 2 atom stereocenters. The first-order valence-corrected chi connectivity index (χ1v) is 10.4. The van der Waals surface area contributed by atoms with Crippen LogP contribution in [0.3, 0.4) is 0 Å². The summed E-state index contributed by atoms with van der Waals surface area (Å²) in [6.45, 7) is 5.60. The number of nitrogens with zero attached hydrogens (tertiary/aromatic N) is 1. The molecule has 2 aromatic carbocycles. The summed E-state index contributed by atoms with van der Waals surface area (Å²) in [5.74, 6) is 2.34. The SMILES string of the molecule is CCC(=O)NC(C)C1c2cc(OC)c(OC)cc2CCN1Cc1cccc(OC)c1. The summed E-state index contributed by atoms with van der Waals surface area (Å²) < 4.78 is 16.5. The first kappa shape index (κ1) is 22.0. The first-order valence-electron chi connectivity index (χ1n) is 10.4. The van der Waals surface area contributed by atoms with Gasteiger partial charge in [-0.15, -0.1) is 0 Å². The maximum atomic E-state index is 12.2. The molecule has 0 radical (unpaired) electrons. The molecule has 0 fully saturated rings. The van der Waals surface area contributed by atoms with Crippen molar-refractivity contribution >= 4 is 5.91 Å². The van der Waals surface area contributed by atoms with Crippen molar-refractivity contribution in [2.75, 3.05) is 27.9 Å². The number of fused-ring (bicyclic) bond motifs is 1. The van der Waals surface area contributed by atoms with Crippen molar-refractivity contribution in [2.24, 2.45) is 0 Å². The Morgan fingerprint density at radius 1 is 1.13 bits per heavy atom. The average Bonchev–Trinajstić information content (AvgIpc) is 2.77. The molecule has 0 aliphatic carbocycles. The number of methoxy groups -OCH3 is 3. The molecule has 1 N–H and O–H groups in total. The Hall–Kier alpha value is -2.73. The van der Waals surface area contributed by atoms with E-state index in [-0.39, 0.29) is 18.0 Å². The summed E-state index contributed by atoms with van der Waals surface area (Å²) in [6, 6.07) is 12.2. The fourth-order valence-corrected chi connectivity index (χ4v) is 4.23. The lowest BCUT2D eigenvalue weighted by molar-refractivity contribution is -0.121. The van der Waals surface area contributed by atoms with E-state index in [2.05, 4.69) is 41.4 Å². The second kappa shape index (κ2) is 9.85. The smallest absolute Gasteiger partial charge is 0.219 e. The zero-order valence-corrected chi connectivity index (χ0v) is 18.5. The van der Waals surface area contributed by atoms with Crippen LogP contribution in [-0.4, -0.2) is 44.7 Å². The van der Waals surface area contributed by atoms with E-state index in [0.717, 1.165) is 31.0 Å². The molecule has 6 heteroatoms. The molecule has 2 aromatic rings. The van der Waals surface area contributed by atoms with Crippen LogP contribution in [0.4, 0.5) is 0 Å². The van der Waals surface area contributed by atoms with Gasteiger partial charge in [0.15, 0.2) is 11.5 Å². The molecule has 0 saturated carbocycles. The van der Waals surface area contributed by atoms with Crippen molar-refractivity contribution in [3.05, 3.63) is 53.1 Å². The predicted molar refractivity (Wildman–Crippen MR) is 117 cm³/mol. The summed E-state index contributed by atoms with van der Waals surface area (Å²) >= 11 is 0. The highest BCUT2D eigenvalue weighted by Gasteiger charge is 2.33. The number of carbonyl (C=O) groups excluding carboxylic acids is 1. The van der Waals surface area contributed by atoms with Crippen LogP contribution in [0.5, 0.6) is 17.2 Å². The summed E-state index contributed by atoms with van der Waals surface area (Å²) in [7, 11) is 4.99. The maximum Gasteiger partial charge on any atom is 0.219 e. The fraction of sp³-hybridized carbons (Fsp3) is 0.458. The molecule has 2 unspecified atom stereocenters. The Labute approximate surface area is 179 Å². The van der Waals surface area contributed by atoms with Gasteiger partial charge in [0, 0.05) is 25.6 Å². The second-order valence-corrected chi connectivity index (χ2v) is 7.63. The number of hydrogen-bond donors (Lipinski definition) is 1. The van der Waals surface area contributed by atoms with Crippen LogP contribution in [0.15, 0.2) is 36.4 Å². The van der Waals surface area contributed by atoms with Crippen LogP contribution in [-0.2, 0) is 17.8 Å². The lowest BCUT2D eigenvalue weighted by atomic mass is 9.87.